The molecule has 1 aromatic heterocycles. The summed E-state index contributed by atoms with van der Waals surface area (Å²) in [6.07, 6.45) is 0. The lowest BCUT2D eigenvalue weighted by atomic mass is 10.1. The van der Waals surface area contributed by atoms with Crippen LogP contribution in [0.2, 0.25) is 0 Å². The molecule has 0 aliphatic rings. The average Bonchev–Trinajstić information content (AvgIpc) is 2.57. The molecule has 1 aromatic carbocycles. The molecule has 0 fully saturated rings. The Balaban J connectivity index is 2.57. The standard InChI is InChI=1S/C10H10BrN3/c1-6-8(4-3-5-9(6)11)10-12-7(2)13-14-10/h3-5H,1-2H3,(H,12,13,14). The molecule has 4 heteroatoms. The van der Waals surface area contributed by atoms with Gasteiger partial charge in [0.15, 0.2) is 5.82 Å². The van der Waals surface area contributed by atoms with Crippen LogP contribution < -0.4 is 0 Å². The largest absolute Gasteiger partial charge is 0.263 e. The van der Waals surface area contributed by atoms with Crippen LogP contribution in [-0.2, 0) is 0 Å². The maximum Gasteiger partial charge on any atom is 0.181 e. The fourth-order valence-electron chi connectivity index (χ4n) is 1.31. The number of benzene rings is 1. The molecule has 14 heavy (non-hydrogen) atoms. The van der Waals surface area contributed by atoms with E-state index in [-0.39, 0.29) is 0 Å². The predicted octanol–water partition coefficient (Wildman–Crippen LogP) is 2.85. The maximum atomic E-state index is 4.30. The number of halogens is 1. The minimum Gasteiger partial charge on any atom is -0.263 e. The molecule has 0 saturated heterocycles. The molecule has 2 rings (SSSR count). The van der Waals surface area contributed by atoms with Crippen molar-refractivity contribution in [2.24, 2.45) is 0 Å². The van der Waals surface area contributed by atoms with E-state index in [9.17, 15) is 0 Å². The van der Waals surface area contributed by atoms with Gasteiger partial charge < -0.3 is 0 Å². The number of hydrogen-bond donors (Lipinski definition) is 1. The Labute approximate surface area is 90.7 Å². The van der Waals surface area contributed by atoms with Crippen LogP contribution in [0, 0.1) is 13.8 Å². The minimum absolute atomic E-state index is 0.751. The monoisotopic (exact) mass is 251 g/mol. The molecule has 0 saturated carbocycles. The highest BCUT2D eigenvalue weighted by Gasteiger charge is 2.08. The van der Waals surface area contributed by atoms with E-state index in [4.69, 9.17) is 0 Å². The second kappa shape index (κ2) is 3.53. The zero-order valence-corrected chi connectivity index (χ0v) is 9.59. The number of aromatic amines is 1. The van der Waals surface area contributed by atoms with E-state index in [0.29, 0.717) is 0 Å². The van der Waals surface area contributed by atoms with Crippen molar-refractivity contribution < 1.29 is 0 Å². The summed E-state index contributed by atoms with van der Waals surface area (Å²) in [6.45, 7) is 3.94. The van der Waals surface area contributed by atoms with Gasteiger partial charge in [0.1, 0.15) is 5.82 Å². The summed E-state index contributed by atoms with van der Waals surface area (Å²) in [5.74, 6) is 1.58. The summed E-state index contributed by atoms with van der Waals surface area (Å²) in [6, 6.07) is 6.01. The smallest absolute Gasteiger partial charge is 0.181 e. The summed E-state index contributed by atoms with van der Waals surface area (Å²) >= 11 is 3.48. The van der Waals surface area contributed by atoms with Crippen LogP contribution in [-0.4, -0.2) is 15.2 Å². The van der Waals surface area contributed by atoms with Crippen LogP contribution >= 0.6 is 15.9 Å². The lowest BCUT2D eigenvalue weighted by Crippen LogP contribution is -1.86. The number of rotatable bonds is 1. The first-order valence-electron chi connectivity index (χ1n) is 4.33. The van der Waals surface area contributed by atoms with Crippen molar-refractivity contribution in [2.75, 3.05) is 0 Å². The lowest BCUT2D eigenvalue weighted by Gasteiger charge is -2.02. The zero-order chi connectivity index (χ0) is 10.1. The summed E-state index contributed by atoms with van der Waals surface area (Å²) in [5.41, 5.74) is 2.22. The molecule has 1 N–H and O–H groups in total. The van der Waals surface area contributed by atoms with Gasteiger partial charge in [0, 0.05) is 10.0 Å². The van der Waals surface area contributed by atoms with Gasteiger partial charge in [-0.3, -0.25) is 5.10 Å². The van der Waals surface area contributed by atoms with E-state index in [1.807, 2.05) is 32.0 Å². The summed E-state index contributed by atoms with van der Waals surface area (Å²) in [4.78, 5) is 4.30. The Bertz CT molecular complexity index is 462. The Morgan fingerprint density at radius 2 is 2.07 bits per heavy atom. The van der Waals surface area contributed by atoms with Gasteiger partial charge >= 0.3 is 0 Å². The van der Waals surface area contributed by atoms with E-state index >= 15 is 0 Å². The third kappa shape index (κ3) is 1.57. The SMILES string of the molecule is Cc1nc(-c2cccc(Br)c2C)n[nH]1. The van der Waals surface area contributed by atoms with Crippen molar-refractivity contribution in [1.82, 2.24) is 15.2 Å². The lowest BCUT2D eigenvalue weighted by molar-refractivity contribution is 1.04. The molecule has 0 amide bonds. The van der Waals surface area contributed by atoms with Gasteiger partial charge in [-0.05, 0) is 25.5 Å². The predicted molar refractivity (Wildman–Crippen MR) is 59.0 cm³/mol. The third-order valence-electron chi connectivity index (χ3n) is 2.11. The van der Waals surface area contributed by atoms with Gasteiger partial charge in [0.05, 0.1) is 0 Å². The Morgan fingerprint density at radius 1 is 1.29 bits per heavy atom. The van der Waals surface area contributed by atoms with E-state index < -0.39 is 0 Å². The van der Waals surface area contributed by atoms with Gasteiger partial charge in [-0.2, -0.15) is 5.10 Å². The molecule has 0 bridgehead atoms. The van der Waals surface area contributed by atoms with Crippen LogP contribution in [0.3, 0.4) is 0 Å². The first-order valence-corrected chi connectivity index (χ1v) is 5.12. The Morgan fingerprint density at radius 3 is 2.71 bits per heavy atom. The van der Waals surface area contributed by atoms with E-state index in [1.165, 1.54) is 0 Å². The molecule has 2 aromatic rings. The molecule has 1 heterocycles. The Hall–Kier alpha value is -1.16. The zero-order valence-electron chi connectivity index (χ0n) is 8.00. The van der Waals surface area contributed by atoms with Crippen LogP contribution in [0.4, 0.5) is 0 Å². The van der Waals surface area contributed by atoms with Gasteiger partial charge in [-0.25, -0.2) is 4.98 Å². The highest BCUT2D eigenvalue weighted by Crippen LogP contribution is 2.25. The highest BCUT2D eigenvalue weighted by atomic mass is 79.9. The number of aromatic nitrogens is 3. The number of nitrogens with zero attached hydrogens (tertiary/aromatic N) is 2. The summed E-state index contributed by atoms with van der Waals surface area (Å²) in [7, 11) is 0. The topological polar surface area (TPSA) is 41.6 Å². The molecule has 0 unspecified atom stereocenters. The summed E-state index contributed by atoms with van der Waals surface area (Å²) in [5, 5.41) is 6.97. The average molecular weight is 252 g/mol. The van der Waals surface area contributed by atoms with Gasteiger partial charge in [0.25, 0.3) is 0 Å². The maximum absolute atomic E-state index is 4.30. The van der Waals surface area contributed by atoms with Gasteiger partial charge in [-0.15, -0.1) is 0 Å². The number of nitrogens with one attached hydrogen (secondary N) is 1. The number of hydrogen-bond acceptors (Lipinski definition) is 2. The van der Waals surface area contributed by atoms with Crippen molar-refractivity contribution in [3.05, 3.63) is 34.1 Å². The molecule has 0 aliphatic carbocycles. The van der Waals surface area contributed by atoms with Crippen molar-refractivity contribution >= 4 is 15.9 Å². The Kier molecular flexibility index (Phi) is 2.37. The first kappa shape index (κ1) is 9.40. The van der Waals surface area contributed by atoms with Crippen molar-refractivity contribution in [3.63, 3.8) is 0 Å². The second-order valence-electron chi connectivity index (χ2n) is 3.16. The van der Waals surface area contributed by atoms with E-state index in [1.54, 1.807) is 0 Å². The third-order valence-corrected chi connectivity index (χ3v) is 2.96. The fraction of sp³-hybridized carbons (Fsp3) is 0.200. The van der Waals surface area contributed by atoms with Gasteiger partial charge in [0.2, 0.25) is 0 Å². The van der Waals surface area contributed by atoms with Crippen molar-refractivity contribution in [1.29, 1.82) is 0 Å². The molecule has 0 radical (unpaired) electrons. The highest BCUT2D eigenvalue weighted by molar-refractivity contribution is 9.10. The quantitative estimate of drug-likeness (QED) is 0.847. The van der Waals surface area contributed by atoms with Crippen LogP contribution in [0.25, 0.3) is 11.4 Å². The second-order valence-corrected chi connectivity index (χ2v) is 4.01. The van der Waals surface area contributed by atoms with Crippen molar-refractivity contribution in [2.45, 2.75) is 13.8 Å². The van der Waals surface area contributed by atoms with E-state index in [0.717, 1.165) is 27.2 Å². The summed E-state index contributed by atoms with van der Waals surface area (Å²) < 4.78 is 1.08. The van der Waals surface area contributed by atoms with Crippen LogP contribution in [0.15, 0.2) is 22.7 Å². The number of aryl methyl sites for hydroxylation is 1. The normalized spacial score (nSPS) is 10.5. The van der Waals surface area contributed by atoms with Crippen LogP contribution in [0.5, 0.6) is 0 Å². The molecular formula is C10H10BrN3. The molecular weight excluding hydrogens is 242 g/mol. The minimum atomic E-state index is 0.751. The van der Waals surface area contributed by atoms with E-state index in [2.05, 4.69) is 31.1 Å². The molecule has 3 nitrogen and oxygen atoms in total. The molecule has 72 valence electrons. The first-order chi connectivity index (χ1) is 6.68. The molecule has 0 aliphatic heterocycles. The fourth-order valence-corrected chi connectivity index (χ4v) is 1.68. The van der Waals surface area contributed by atoms with Gasteiger partial charge in [-0.1, -0.05) is 28.1 Å². The van der Waals surface area contributed by atoms with Crippen molar-refractivity contribution in [3.8, 4) is 11.4 Å². The molecule has 0 spiro atoms. The number of H-pyrrole nitrogens is 1. The van der Waals surface area contributed by atoms with Crippen LogP contribution in [0.1, 0.15) is 11.4 Å². The molecule has 0 atom stereocenters.